The van der Waals surface area contributed by atoms with E-state index in [2.05, 4.69) is 15.4 Å². The van der Waals surface area contributed by atoms with E-state index in [9.17, 15) is 18.0 Å². The van der Waals surface area contributed by atoms with Gasteiger partial charge in [0.05, 0.1) is 41.5 Å². The smallest absolute Gasteiger partial charge is 0.356 e. The molecule has 0 saturated carbocycles. The fourth-order valence-corrected chi connectivity index (χ4v) is 5.45. The molecule has 222 valence electrons. The van der Waals surface area contributed by atoms with Crippen LogP contribution in [0, 0.1) is 0 Å². The standard InChI is InChI=1S/C25H32Cl2N8O5S/c1-6-40-25(37)22-18-13-33(24(36)17-7-8-19(26)20(27)12-17)15(2)11-21(18)30-34(22)10-9-28-16(3)23-29-14-35(31-23)41(38,39)32(4)5/h7-8,12,14-16,28H,6,9-11,13H2,1-5H3/t15-,16?/m1/s1. The Labute approximate surface area is 248 Å². The van der Waals surface area contributed by atoms with Gasteiger partial charge in [-0.1, -0.05) is 23.2 Å². The maximum absolute atomic E-state index is 13.4. The Balaban J connectivity index is 1.52. The second kappa shape index (κ2) is 12.4. The van der Waals surface area contributed by atoms with Gasteiger partial charge in [0.15, 0.2) is 11.5 Å². The third-order valence-electron chi connectivity index (χ3n) is 6.73. The predicted molar refractivity (Wildman–Crippen MR) is 152 cm³/mol. The van der Waals surface area contributed by atoms with Crippen molar-refractivity contribution in [1.29, 1.82) is 0 Å². The minimum Gasteiger partial charge on any atom is -0.461 e. The summed E-state index contributed by atoms with van der Waals surface area (Å²) in [5, 5.41) is 12.7. The summed E-state index contributed by atoms with van der Waals surface area (Å²) in [5.41, 5.74) is 2.04. The molecule has 1 unspecified atom stereocenters. The summed E-state index contributed by atoms with van der Waals surface area (Å²) in [7, 11) is -0.952. The lowest BCUT2D eigenvalue weighted by molar-refractivity contribution is 0.0502. The highest BCUT2D eigenvalue weighted by Gasteiger charge is 2.35. The van der Waals surface area contributed by atoms with Crippen LogP contribution in [0.25, 0.3) is 0 Å². The minimum atomic E-state index is -3.77. The van der Waals surface area contributed by atoms with Gasteiger partial charge in [-0.2, -0.15) is 17.8 Å². The molecular weight excluding hydrogens is 595 g/mol. The summed E-state index contributed by atoms with van der Waals surface area (Å²) in [6.45, 7) is 6.47. The van der Waals surface area contributed by atoms with Crippen molar-refractivity contribution in [2.75, 3.05) is 27.2 Å². The molecule has 0 aliphatic carbocycles. The van der Waals surface area contributed by atoms with E-state index in [4.69, 9.17) is 33.0 Å². The molecule has 13 nitrogen and oxygen atoms in total. The number of benzene rings is 1. The van der Waals surface area contributed by atoms with Crippen LogP contribution in [0.15, 0.2) is 24.5 Å². The molecular formula is C25H32Cl2N8O5S. The number of esters is 1. The van der Waals surface area contributed by atoms with Gasteiger partial charge >= 0.3 is 16.2 Å². The van der Waals surface area contributed by atoms with Gasteiger partial charge in [0, 0.05) is 44.2 Å². The highest BCUT2D eigenvalue weighted by atomic mass is 35.5. The lowest BCUT2D eigenvalue weighted by Gasteiger charge is -2.33. The Morgan fingerprint density at radius 2 is 1.95 bits per heavy atom. The van der Waals surface area contributed by atoms with Gasteiger partial charge < -0.3 is 15.0 Å². The first-order valence-corrected chi connectivity index (χ1v) is 15.1. The van der Waals surface area contributed by atoms with Crippen LogP contribution in [-0.2, 0) is 34.5 Å². The number of amides is 1. The topological polar surface area (TPSA) is 145 Å². The minimum absolute atomic E-state index is 0.176. The molecule has 3 heterocycles. The third kappa shape index (κ3) is 6.41. The molecule has 2 aromatic heterocycles. The average Bonchev–Trinajstić information content (AvgIpc) is 3.55. The normalized spacial score (nSPS) is 16.1. The SMILES string of the molecule is CCOC(=O)c1c2c(nn1CCNC(C)c1ncn(S(=O)(=O)N(C)C)n1)C[C@@H](C)N(C(=O)c1ccc(Cl)c(Cl)c1)C2. The number of ether oxygens (including phenoxy) is 1. The maximum atomic E-state index is 13.4. The second-order valence-electron chi connectivity index (χ2n) is 9.77. The fourth-order valence-electron chi connectivity index (χ4n) is 4.47. The molecule has 16 heteroatoms. The van der Waals surface area contributed by atoms with Gasteiger partial charge in [0.1, 0.15) is 6.33 Å². The van der Waals surface area contributed by atoms with Crippen LogP contribution in [0.1, 0.15) is 64.7 Å². The quantitative estimate of drug-likeness (QED) is 0.336. The molecule has 0 fully saturated rings. The van der Waals surface area contributed by atoms with E-state index in [1.807, 2.05) is 6.92 Å². The van der Waals surface area contributed by atoms with Crippen LogP contribution in [0.4, 0.5) is 0 Å². The van der Waals surface area contributed by atoms with Gasteiger partial charge in [0.2, 0.25) is 0 Å². The van der Waals surface area contributed by atoms with Gasteiger partial charge in [-0.05, 0) is 39.0 Å². The summed E-state index contributed by atoms with van der Waals surface area (Å²) < 4.78 is 33.4. The Kier molecular flexibility index (Phi) is 9.39. The number of aromatic nitrogens is 5. The number of carbonyl (C=O) groups is 2. The van der Waals surface area contributed by atoms with Gasteiger partial charge in [-0.25, -0.2) is 9.78 Å². The number of fused-ring (bicyclic) bond motifs is 1. The monoisotopic (exact) mass is 626 g/mol. The first-order chi connectivity index (χ1) is 19.3. The van der Waals surface area contributed by atoms with Crippen LogP contribution in [0.5, 0.6) is 0 Å². The summed E-state index contributed by atoms with van der Waals surface area (Å²) in [5.74, 6) is -0.464. The maximum Gasteiger partial charge on any atom is 0.356 e. The van der Waals surface area contributed by atoms with Crippen molar-refractivity contribution in [2.45, 2.75) is 52.4 Å². The first-order valence-electron chi connectivity index (χ1n) is 12.9. The van der Waals surface area contributed by atoms with E-state index in [-0.39, 0.29) is 41.9 Å². The van der Waals surface area contributed by atoms with Crippen molar-refractivity contribution >= 4 is 45.3 Å². The fraction of sp³-hybridized carbons (Fsp3) is 0.480. The molecule has 0 spiro atoms. The molecule has 3 aromatic rings. The van der Waals surface area contributed by atoms with Gasteiger partial charge in [-0.15, -0.1) is 9.19 Å². The molecule has 0 radical (unpaired) electrons. The van der Waals surface area contributed by atoms with Gasteiger partial charge in [0.25, 0.3) is 5.91 Å². The van der Waals surface area contributed by atoms with Crippen LogP contribution in [0.3, 0.4) is 0 Å². The van der Waals surface area contributed by atoms with E-state index >= 15 is 0 Å². The van der Waals surface area contributed by atoms with E-state index < -0.39 is 16.2 Å². The predicted octanol–water partition coefficient (Wildman–Crippen LogP) is 2.55. The van der Waals surface area contributed by atoms with E-state index in [1.165, 1.54) is 20.2 Å². The summed E-state index contributed by atoms with van der Waals surface area (Å²) in [6, 6.07) is 4.17. The number of nitrogens with one attached hydrogen (secondary N) is 1. The summed E-state index contributed by atoms with van der Waals surface area (Å²) in [4.78, 5) is 32.3. The highest BCUT2D eigenvalue weighted by Crippen LogP contribution is 2.29. The Morgan fingerprint density at radius 1 is 1.22 bits per heavy atom. The van der Waals surface area contributed by atoms with Crippen molar-refractivity contribution < 1.29 is 22.7 Å². The Hall–Kier alpha value is -3.04. The lowest BCUT2D eigenvalue weighted by Crippen LogP contribution is -2.42. The zero-order valence-corrected chi connectivity index (χ0v) is 25.7. The zero-order chi connectivity index (χ0) is 30.1. The highest BCUT2D eigenvalue weighted by molar-refractivity contribution is 7.87. The number of nitrogens with zero attached hydrogens (tertiary/aromatic N) is 7. The number of halogens is 2. The van der Waals surface area contributed by atoms with E-state index in [0.29, 0.717) is 41.5 Å². The average molecular weight is 628 g/mol. The molecule has 1 N–H and O–H groups in total. The largest absolute Gasteiger partial charge is 0.461 e. The number of carbonyl (C=O) groups excluding carboxylic acids is 2. The van der Waals surface area contributed by atoms with Crippen molar-refractivity contribution in [3.8, 4) is 0 Å². The number of rotatable bonds is 10. The zero-order valence-electron chi connectivity index (χ0n) is 23.3. The van der Waals surface area contributed by atoms with Crippen molar-refractivity contribution in [3.05, 3.63) is 62.9 Å². The Bertz CT molecular complexity index is 1550. The molecule has 1 aliphatic heterocycles. The molecule has 41 heavy (non-hydrogen) atoms. The molecule has 1 amide bonds. The second-order valence-corrected chi connectivity index (χ2v) is 12.6. The molecule has 4 rings (SSSR count). The molecule has 1 aromatic carbocycles. The van der Waals surface area contributed by atoms with E-state index in [0.717, 1.165) is 20.4 Å². The molecule has 2 atom stereocenters. The molecule has 1 aliphatic rings. The third-order valence-corrected chi connectivity index (χ3v) is 9.04. The molecule has 0 saturated heterocycles. The Morgan fingerprint density at radius 3 is 2.61 bits per heavy atom. The van der Waals surface area contributed by atoms with Crippen molar-refractivity contribution in [1.82, 2.24) is 38.5 Å². The first kappa shape index (κ1) is 30.9. The molecule has 0 bridgehead atoms. The van der Waals surface area contributed by atoms with Crippen LogP contribution in [0.2, 0.25) is 10.0 Å². The van der Waals surface area contributed by atoms with Crippen LogP contribution >= 0.6 is 23.2 Å². The van der Waals surface area contributed by atoms with Crippen molar-refractivity contribution in [3.63, 3.8) is 0 Å². The number of hydrogen-bond acceptors (Lipinski definition) is 9. The van der Waals surface area contributed by atoms with Crippen LogP contribution < -0.4 is 5.32 Å². The summed E-state index contributed by atoms with van der Waals surface area (Å²) in [6.07, 6.45) is 1.60. The van der Waals surface area contributed by atoms with Gasteiger partial charge in [-0.3, -0.25) is 9.48 Å². The lowest BCUT2D eigenvalue weighted by atomic mass is 9.98. The summed E-state index contributed by atoms with van der Waals surface area (Å²) >= 11 is 12.2. The van der Waals surface area contributed by atoms with E-state index in [1.54, 1.807) is 35.6 Å². The van der Waals surface area contributed by atoms with Crippen LogP contribution in [-0.4, -0.2) is 86.7 Å². The number of hydrogen-bond donors (Lipinski definition) is 1. The van der Waals surface area contributed by atoms with Crippen molar-refractivity contribution in [2.24, 2.45) is 0 Å².